The SMILES string of the molecule is CCc1cccc(CNC[C@@H](O)[C@H](Cc2cc(F)cc(F)c2)NC(=O)CCC(=O)c2ccc3c(c2)CCCO3)c1. The molecular formula is C32H36F2N2O4. The van der Waals surface area contributed by atoms with Crippen molar-refractivity contribution in [2.24, 2.45) is 0 Å². The maximum atomic E-state index is 13.8. The molecule has 3 aromatic rings. The molecule has 6 nitrogen and oxygen atoms in total. The van der Waals surface area contributed by atoms with E-state index in [1.165, 1.54) is 17.7 Å². The third-order valence-corrected chi connectivity index (χ3v) is 7.08. The highest BCUT2D eigenvalue weighted by Crippen LogP contribution is 2.26. The van der Waals surface area contributed by atoms with E-state index >= 15 is 0 Å². The lowest BCUT2D eigenvalue weighted by atomic mass is 9.98. The van der Waals surface area contributed by atoms with E-state index in [-0.39, 0.29) is 31.6 Å². The molecule has 8 heteroatoms. The van der Waals surface area contributed by atoms with Gasteiger partial charge >= 0.3 is 0 Å². The standard InChI is InChI=1S/C32H36F2N2O4/c1-2-21-5-3-6-22(13-21)19-35-20-30(38)28(16-23-14-26(33)18-27(34)15-23)36-32(39)11-9-29(37)24-8-10-31-25(17-24)7-4-12-40-31/h3,5-6,8,10,13-15,17-18,28,30,35,38H,2,4,7,9,11-12,16,19-20H2,1H3,(H,36,39)/t28-,30+/m0/s1. The average Bonchev–Trinajstić information content (AvgIpc) is 2.94. The van der Waals surface area contributed by atoms with Crippen molar-refractivity contribution in [3.8, 4) is 5.75 Å². The molecule has 0 saturated carbocycles. The second-order valence-corrected chi connectivity index (χ2v) is 10.2. The van der Waals surface area contributed by atoms with E-state index < -0.39 is 29.7 Å². The topological polar surface area (TPSA) is 87.7 Å². The van der Waals surface area contributed by atoms with Crippen molar-refractivity contribution in [3.63, 3.8) is 0 Å². The Hall–Kier alpha value is -3.62. The fraction of sp³-hybridized carbons (Fsp3) is 0.375. The summed E-state index contributed by atoms with van der Waals surface area (Å²) in [5, 5.41) is 16.9. The van der Waals surface area contributed by atoms with Crippen LogP contribution in [0.3, 0.4) is 0 Å². The molecular weight excluding hydrogens is 514 g/mol. The van der Waals surface area contributed by atoms with Gasteiger partial charge in [-0.3, -0.25) is 9.59 Å². The fourth-order valence-electron chi connectivity index (χ4n) is 4.92. The number of aliphatic hydroxyl groups excluding tert-OH is 1. The summed E-state index contributed by atoms with van der Waals surface area (Å²) in [5.74, 6) is -1.26. The highest BCUT2D eigenvalue weighted by Gasteiger charge is 2.23. The van der Waals surface area contributed by atoms with E-state index in [9.17, 15) is 23.5 Å². The van der Waals surface area contributed by atoms with Crippen molar-refractivity contribution in [2.75, 3.05) is 13.2 Å². The van der Waals surface area contributed by atoms with Gasteiger partial charge in [0, 0.05) is 37.6 Å². The lowest BCUT2D eigenvalue weighted by Gasteiger charge is -2.25. The first-order valence-electron chi connectivity index (χ1n) is 13.8. The number of carbonyl (C=O) groups is 2. The molecule has 0 aliphatic carbocycles. The number of aliphatic hydroxyl groups is 1. The van der Waals surface area contributed by atoms with Crippen LogP contribution in [0.5, 0.6) is 5.75 Å². The van der Waals surface area contributed by atoms with E-state index in [4.69, 9.17) is 4.74 Å². The summed E-state index contributed by atoms with van der Waals surface area (Å²) in [6.07, 6.45) is 1.55. The van der Waals surface area contributed by atoms with Gasteiger partial charge in [-0.25, -0.2) is 8.78 Å². The zero-order valence-electron chi connectivity index (χ0n) is 22.7. The Labute approximate surface area is 233 Å². The van der Waals surface area contributed by atoms with Crippen molar-refractivity contribution in [1.82, 2.24) is 10.6 Å². The Balaban J connectivity index is 1.36. The van der Waals surface area contributed by atoms with Crippen LogP contribution in [0.15, 0.2) is 60.7 Å². The minimum Gasteiger partial charge on any atom is -0.493 e. The fourth-order valence-corrected chi connectivity index (χ4v) is 4.92. The van der Waals surface area contributed by atoms with Crippen LogP contribution in [0.1, 0.15) is 58.8 Å². The van der Waals surface area contributed by atoms with Crippen molar-refractivity contribution >= 4 is 11.7 Å². The lowest BCUT2D eigenvalue weighted by molar-refractivity contribution is -0.122. The van der Waals surface area contributed by atoms with Gasteiger partial charge in [0.1, 0.15) is 17.4 Å². The molecule has 0 spiro atoms. The van der Waals surface area contributed by atoms with Gasteiger partial charge in [-0.15, -0.1) is 0 Å². The summed E-state index contributed by atoms with van der Waals surface area (Å²) < 4.78 is 33.2. The van der Waals surface area contributed by atoms with E-state index in [2.05, 4.69) is 23.6 Å². The number of fused-ring (bicyclic) bond motifs is 1. The monoisotopic (exact) mass is 550 g/mol. The number of rotatable bonds is 13. The molecule has 0 unspecified atom stereocenters. The van der Waals surface area contributed by atoms with Crippen LogP contribution >= 0.6 is 0 Å². The molecule has 40 heavy (non-hydrogen) atoms. The molecule has 3 aromatic carbocycles. The largest absolute Gasteiger partial charge is 0.493 e. The average molecular weight is 551 g/mol. The number of amides is 1. The molecule has 1 amide bonds. The van der Waals surface area contributed by atoms with Crippen LogP contribution in [0.4, 0.5) is 8.78 Å². The first-order chi connectivity index (χ1) is 19.3. The van der Waals surface area contributed by atoms with Crippen LogP contribution in [0.25, 0.3) is 0 Å². The molecule has 4 rings (SSSR count). The van der Waals surface area contributed by atoms with Crippen molar-refractivity contribution in [2.45, 2.75) is 64.1 Å². The van der Waals surface area contributed by atoms with E-state index in [1.807, 2.05) is 24.3 Å². The van der Waals surface area contributed by atoms with Crippen molar-refractivity contribution in [3.05, 3.63) is 100 Å². The maximum Gasteiger partial charge on any atom is 0.220 e. The van der Waals surface area contributed by atoms with Gasteiger partial charge in [-0.05, 0) is 78.3 Å². The van der Waals surface area contributed by atoms with Gasteiger partial charge in [0.2, 0.25) is 5.91 Å². The van der Waals surface area contributed by atoms with E-state index in [0.29, 0.717) is 24.3 Å². The Morgan fingerprint density at radius 2 is 1.75 bits per heavy atom. The zero-order chi connectivity index (χ0) is 28.5. The number of halogens is 2. The second-order valence-electron chi connectivity index (χ2n) is 10.2. The molecule has 0 aromatic heterocycles. The van der Waals surface area contributed by atoms with Crippen LogP contribution in [-0.4, -0.2) is 42.1 Å². The molecule has 0 radical (unpaired) electrons. The summed E-state index contributed by atoms with van der Waals surface area (Å²) in [7, 11) is 0. The maximum absolute atomic E-state index is 13.8. The molecule has 0 bridgehead atoms. The number of benzene rings is 3. The zero-order valence-corrected chi connectivity index (χ0v) is 22.7. The Morgan fingerprint density at radius 1 is 0.975 bits per heavy atom. The quantitative estimate of drug-likeness (QED) is 0.269. The number of aryl methyl sites for hydroxylation is 2. The minimum atomic E-state index is -1.04. The van der Waals surface area contributed by atoms with E-state index in [0.717, 1.165) is 42.2 Å². The summed E-state index contributed by atoms with van der Waals surface area (Å²) >= 11 is 0. The molecule has 1 aliphatic rings. The normalized spacial score (nSPS) is 14.1. The highest BCUT2D eigenvalue weighted by atomic mass is 19.1. The third kappa shape index (κ3) is 8.44. The summed E-state index contributed by atoms with van der Waals surface area (Å²) in [6.45, 7) is 3.40. The van der Waals surface area contributed by atoms with Gasteiger partial charge in [-0.2, -0.15) is 0 Å². The van der Waals surface area contributed by atoms with Crippen molar-refractivity contribution in [1.29, 1.82) is 0 Å². The molecule has 2 atom stereocenters. The molecule has 3 N–H and O–H groups in total. The van der Waals surface area contributed by atoms with Gasteiger partial charge in [0.25, 0.3) is 0 Å². The molecule has 212 valence electrons. The van der Waals surface area contributed by atoms with Crippen LogP contribution in [0.2, 0.25) is 0 Å². The third-order valence-electron chi connectivity index (χ3n) is 7.08. The minimum absolute atomic E-state index is 0.00505. The summed E-state index contributed by atoms with van der Waals surface area (Å²) in [6, 6.07) is 15.7. The first-order valence-corrected chi connectivity index (χ1v) is 13.8. The number of Topliss-reactive ketones (excluding diaryl/α,β-unsaturated/α-hetero) is 1. The van der Waals surface area contributed by atoms with E-state index in [1.54, 1.807) is 12.1 Å². The second kappa shape index (κ2) is 14.1. The van der Waals surface area contributed by atoms with Crippen LogP contribution in [-0.2, 0) is 30.6 Å². The molecule has 1 aliphatic heterocycles. The van der Waals surface area contributed by atoms with Gasteiger partial charge in [-0.1, -0.05) is 31.2 Å². The van der Waals surface area contributed by atoms with Gasteiger partial charge in [0.05, 0.1) is 18.8 Å². The van der Waals surface area contributed by atoms with Crippen LogP contribution in [0, 0.1) is 11.6 Å². The number of carbonyl (C=O) groups excluding carboxylic acids is 2. The Kier molecular flexibility index (Phi) is 10.4. The molecule has 1 heterocycles. The molecule has 0 fully saturated rings. The predicted molar refractivity (Wildman–Crippen MR) is 149 cm³/mol. The summed E-state index contributed by atoms with van der Waals surface area (Å²) in [5.41, 5.74) is 4.09. The number of hydrogen-bond acceptors (Lipinski definition) is 5. The van der Waals surface area contributed by atoms with Gasteiger partial charge < -0.3 is 20.5 Å². The Morgan fingerprint density at radius 3 is 2.52 bits per heavy atom. The predicted octanol–water partition coefficient (Wildman–Crippen LogP) is 4.69. The van der Waals surface area contributed by atoms with Crippen LogP contribution < -0.4 is 15.4 Å². The van der Waals surface area contributed by atoms with Gasteiger partial charge in [0.15, 0.2) is 5.78 Å². The number of ketones is 1. The van der Waals surface area contributed by atoms with Crippen molar-refractivity contribution < 1.29 is 28.2 Å². The highest BCUT2D eigenvalue weighted by molar-refractivity contribution is 5.98. The number of hydrogen-bond donors (Lipinski definition) is 3. The smallest absolute Gasteiger partial charge is 0.220 e. The number of ether oxygens (including phenoxy) is 1. The lowest BCUT2D eigenvalue weighted by Crippen LogP contribution is -2.48. The first kappa shape index (κ1) is 29.4. The summed E-state index contributed by atoms with van der Waals surface area (Å²) in [4.78, 5) is 25.6. The molecule has 0 saturated heterocycles. The Bertz CT molecular complexity index is 1310. The number of nitrogens with one attached hydrogen (secondary N) is 2.